The third-order valence-corrected chi connectivity index (χ3v) is 6.71. The second-order valence-corrected chi connectivity index (χ2v) is 9.02. The zero-order valence-corrected chi connectivity index (χ0v) is 19.4. The number of alkyl halides is 3. The molecule has 0 spiro atoms. The van der Waals surface area contributed by atoms with Crippen molar-refractivity contribution in [2.24, 2.45) is 5.92 Å². The van der Waals surface area contributed by atoms with Crippen LogP contribution in [0.5, 0.6) is 5.75 Å². The molecule has 0 aliphatic carbocycles. The molecule has 0 atom stereocenters. The second-order valence-electron chi connectivity index (χ2n) is 8.59. The van der Waals surface area contributed by atoms with Gasteiger partial charge in [-0.2, -0.15) is 13.2 Å². The van der Waals surface area contributed by atoms with Crippen molar-refractivity contribution in [2.45, 2.75) is 32.0 Å². The van der Waals surface area contributed by atoms with Crippen molar-refractivity contribution in [3.63, 3.8) is 0 Å². The number of aromatic nitrogens is 3. The van der Waals surface area contributed by atoms with E-state index in [0.29, 0.717) is 45.5 Å². The first-order valence-corrected chi connectivity index (χ1v) is 11.7. The summed E-state index contributed by atoms with van der Waals surface area (Å²) in [6, 6.07) is 12.1. The van der Waals surface area contributed by atoms with E-state index in [-0.39, 0.29) is 11.0 Å². The summed E-state index contributed by atoms with van der Waals surface area (Å²) in [5.41, 5.74) is 0.0927. The van der Waals surface area contributed by atoms with Gasteiger partial charge in [0.05, 0.1) is 23.7 Å². The van der Waals surface area contributed by atoms with E-state index < -0.39 is 11.9 Å². The summed E-state index contributed by atoms with van der Waals surface area (Å²) in [5.74, 6) is 1.49. The van der Waals surface area contributed by atoms with Crippen LogP contribution in [0.4, 0.5) is 13.2 Å². The number of halogens is 4. The van der Waals surface area contributed by atoms with Crippen molar-refractivity contribution in [1.82, 2.24) is 19.9 Å². The predicted molar refractivity (Wildman–Crippen MR) is 127 cm³/mol. The molecule has 0 bridgehead atoms. The van der Waals surface area contributed by atoms with Gasteiger partial charge < -0.3 is 14.6 Å². The summed E-state index contributed by atoms with van der Waals surface area (Å²) in [6.07, 6.45) is -1.74. The van der Waals surface area contributed by atoms with Gasteiger partial charge in [0.25, 0.3) is 0 Å². The van der Waals surface area contributed by atoms with E-state index in [2.05, 4.69) is 15.3 Å². The van der Waals surface area contributed by atoms with Crippen LogP contribution < -0.4 is 10.1 Å². The zero-order chi connectivity index (χ0) is 23.9. The Labute approximate surface area is 199 Å². The fourth-order valence-electron chi connectivity index (χ4n) is 4.79. The molecule has 0 saturated carbocycles. The Balaban J connectivity index is 1.80. The molecular formula is C25H24ClF3N4O. The highest BCUT2D eigenvalue weighted by Gasteiger charge is 2.38. The summed E-state index contributed by atoms with van der Waals surface area (Å²) in [7, 11) is 1.54. The van der Waals surface area contributed by atoms with E-state index in [1.54, 1.807) is 25.3 Å². The molecule has 5 rings (SSSR count). The number of fused-ring (bicyclic) bond motifs is 3. The van der Waals surface area contributed by atoms with E-state index >= 15 is 0 Å². The fraction of sp³-hybridized carbons (Fsp3) is 0.360. The van der Waals surface area contributed by atoms with Crippen LogP contribution in [0.15, 0.2) is 42.5 Å². The number of ether oxygens (including phenoxy) is 1. The molecule has 2 aromatic heterocycles. The highest BCUT2D eigenvalue weighted by molar-refractivity contribution is 6.31. The summed E-state index contributed by atoms with van der Waals surface area (Å²) in [6.45, 7) is 2.45. The maximum Gasteiger partial charge on any atom is 0.435 e. The standard InChI is InChI=1S/C25H24ClF3N4O/c1-34-20-5-3-2-4-18(20)24-32-21-22(33(24)13-10-15-8-11-30-12-9-15)17-7-6-16(26)14-19(17)31-23(21)25(27,28)29/h2-7,14-15,30H,8-13H2,1H3. The average Bonchev–Trinajstić information content (AvgIpc) is 3.21. The molecular weight excluding hydrogens is 465 g/mol. The first-order valence-electron chi connectivity index (χ1n) is 11.3. The summed E-state index contributed by atoms with van der Waals surface area (Å²) < 4.78 is 49.8. The molecule has 0 unspecified atom stereocenters. The number of aryl methyl sites for hydroxylation is 1. The number of piperidine rings is 1. The summed E-state index contributed by atoms with van der Waals surface area (Å²) in [4.78, 5) is 8.50. The first kappa shape index (κ1) is 22.9. The van der Waals surface area contributed by atoms with Crippen LogP contribution in [0.25, 0.3) is 33.3 Å². The Morgan fingerprint density at radius 1 is 1.12 bits per heavy atom. The first-order chi connectivity index (χ1) is 16.4. The molecule has 3 heterocycles. The van der Waals surface area contributed by atoms with Gasteiger partial charge in [-0.25, -0.2) is 9.97 Å². The highest BCUT2D eigenvalue weighted by atomic mass is 35.5. The number of hydrogen-bond acceptors (Lipinski definition) is 4. The Kier molecular flexibility index (Phi) is 6.12. The van der Waals surface area contributed by atoms with Gasteiger partial charge >= 0.3 is 6.18 Å². The minimum absolute atomic E-state index is 0.159. The lowest BCUT2D eigenvalue weighted by Crippen LogP contribution is -2.28. The normalized spacial score (nSPS) is 15.3. The van der Waals surface area contributed by atoms with Crippen LogP contribution in [-0.4, -0.2) is 34.7 Å². The van der Waals surface area contributed by atoms with Crippen molar-refractivity contribution < 1.29 is 17.9 Å². The Bertz CT molecular complexity index is 1350. The summed E-state index contributed by atoms with van der Waals surface area (Å²) in [5, 5.41) is 4.28. The number of benzene rings is 2. The van der Waals surface area contributed by atoms with Gasteiger partial charge in [-0.05, 0) is 68.6 Å². The number of hydrogen-bond donors (Lipinski definition) is 1. The van der Waals surface area contributed by atoms with Crippen LogP contribution in [0.1, 0.15) is 25.0 Å². The van der Waals surface area contributed by atoms with E-state index in [4.69, 9.17) is 16.3 Å². The smallest absolute Gasteiger partial charge is 0.435 e. The Hall–Kier alpha value is -2.84. The monoisotopic (exact) mass is 488 g/mol. The predicted octanol–water partition coefficient (Wildman–Crippen LogP) is 6.32. The van der Waals surface area contributed by atoms with E-state index in [9.17, 15) is 13.2 Å². The van der Waals surface area contributed by atoms with Gasteiger partial charge in [0, 0.05) is 17.0 Å². The number of rotatable bonds is 5. The van der Waals surface area contributed by atoms with Gasteiger partial charge in [-0.1, -0.05) is 23.7 Å². The van der Waals surface area contributed by atoms with Gasteiger partial charge in [0.1, 0.15) is 17.1 Å². The van der Waals surface area contributed by atoms with Crippen molar-refractivity contribution in [1.29, 1.82) is 0 Å². The minimum Gasteiger partial charge on any atom is -0.496 e. The summed E-state index contributed by atoms with van der Waals surface area (Å²) >= 11 is 6.11. The number of nitrogens with one attached hydrogen (secondary N) is 1. The van der Waals surface area contributed by atoms with Crippen LogP contribution in [0.3, 0.4) is 0 Å². The molecule has 5 nitrogen and oxygen atoms in total. The van der Waals surface area contributed by atoms with E-state index in [1.807, 2.05) is 22.8 Å². The molecule has 1 aliphatic heterocycles. The molecule has 178 valence electrons. The van der Waals surface area contributed by atoms with E-state index in [1.165, 1.54) is 6.07 Å². The third-order valence-electron chi connectivity index (χ3n) is 6.48. The van der Waals surface area contributed by atoms with Crippen molar-refractivity contribution in [3.8, 4) is 17.1 Å². The number of methoxy groups -OCH3 is 1. The fourth-order valence-corrected chi connectivity index (χ4v) is 4.96. The molecule has 9 heteroatoms. The lowest BCUT2D eigenvalue weighted by molar-refractivity contribution is -0.139. The van der Waals surface area contributed by atoms with E-state index in [0.717, 1.165) is 32.4 Å². The number of imidazole rings is 1. The second kappa shape index (κ2) is 9.07. The SMILES string of the molecule is COc1ccccc1-c1nc2c(C(F)(F)F)nc3cc(Cl)ccc3c2n1CCC1CCNCC1. The van der Waals surface area contributed by atoms with Crippen molar-refractivity contribution in [2.75, 3.05) is 20.2 Å². The molecule has 1 saturated heterocycles. The minimum atomic E-state index is -4.67. The van der Waals surface area contributed by atoms with Crippen molar-refractivity contribution >= 4 is 33.5 Å². The van der Waals surface area contributed by atoms with Crippen LogP contribution in [0, 0.1) is 5.92 Å². The lowest BCUT2D eigenvalue weighted by Gasteiger charge is -2.23. The molecule has 1 aliphatic rings. The third kappa shape index (κ3) is 4.20. The molecule has 4 aromatic rings. The lowest BCUT2D eigenvalue weighted by atomic mass is 9.94. The number of para-hydroxylation sites is 1. The molecule has 0 radical (unpaired) electrons. The van der Waals surface area contributed by atoms with Gasteiger partial charge in [-0.3, -0.25) is 0 Å². The molecule has 1 N–H and O–H groups in total. The number of pyridine rings is 1. The molecule has 1 fully saturated rings. The number of nitrogens with zero attached hydrogens (tertiary/aromatic N) is 3. The van der Waals surface area contributed by atoms with Gasteiger partial charge in [-0.15, -0.1) is 0 Å². The quantitative estimate of drug-likeness (QED) is 0.357. The average molecular weight is 489 g/mol. The van der Waals surface area contributed by atoms with Gasteiger partial charge in [0.15, 0.2) is 5.69 Å². The zero-order valence-electron chi connectivity index (χ0n) is 18.6. The Morgan fingerprint density at radius 2 is 1.88 bits per heavy atom. The van der Waals surface area contributed by atoms with Crippen molar-refractivity contribution in [3.05, 3.63) is 53.2 Å². The molecule has 2 aromatic carbocycles. The Morgan fingerprint density at radius 3 is 2.62 bits per heavy atom. The molecule has 0 amide bonds. The maximum atomic E-state index is 14.1. The molecule has 34 heavy (non-hydrogen) atoms. The van der Waals surface area contributed by atoms with Crippen LogP contribution in [-0.2, 0) is 12.7 Å². The van der Waals surface area contributed by atoms with Crippen LogP contribution >= 0.6 is 11.6 Å². The maximum absolute atomic E-state index is 14.1. The highest BCUT2D eigenvalue weighted by Crippen LogP contribution is 2.40. The van der Waals surface area contributed by atoms with Crippen LogP contribution in [0.2, 0.25) is 5.02 Å². The topological polar surface area (TPSA) is 52.0 Å². The van der Waals surface area contributed by atoms with Gasteiger partial charge in [0.2, 0.25) is 0 Å². The largest absolute Gasteiger partial charge is 0.496 e.